The van der Waals surface area contributed by atoms with E-state index in [0.717, 1.165) is 11.6 Å². The molecule has 0 saturated heterocycles. The number of nitrogens with one attached hydrogen (secondary N) is 1. The van der Waals surface area contributed by atoms with Crippen molar-refractivity contribution in [1.82, 2.24) is 5.32 Å². The summed E-state index contributed by atoms with van der Waals surface area (Å²) in [4.78, 5) is 34.2. The zero-order chi connectivity index (χ0) is 20.0. The van der Waals surface area contributed by atoms with Gasteiger partial charge < -0.3 is 15.8 Å². The van der Waals surface area contributed by atoms with Gasteiger partial charge in [0.2, 0.25) is 0 Å². The summed E-state index contributed by atoms with van der Waals surface area (Å²) in [5.41, 5.74) is 5.74. The summed E-state index contributed by atoms with van der Waals surface area (Å²) in [7, 11) is 0. The number of nitrogens with two attached hydrogens (primary N) is 1. The van der Waals surface area contributed by atoms with E-state index in [4.69, 9.17) is 10.5 Å². The van der Waals surface area contributed by atoms with Gasteiger partial charge in [0, 0.05) is 12.6 Å². The van der Waals surface area contributed by atoms with Crippen LogP contribution in [0.25, 0.3) is 0 Å². The number of amides is 1. The van der Waals surface area contributed by atoms with Crippen LogP contribution in [0.2, 0.25) is 0 Å². The molecule has 0 aromatic heterocycles. The summed E-state index contributed by atoms with van der Waals surface area (Å²) in [5.74, 6) is -1.74. The molecular weight excluding hydrogens is 357 g/mol. The van der Waals surface area contributed by atoms with Crippen LogP contribution in [0.15, 0.2) is 42.5 Å². The summed E-state index contributed by atoms with van der Waals surface area (Å²) in [6.07, 6.45) is -0.612. The van der Waals surface area contributed by atoms with Crippen molar-refractivity contribution in [3.05, 3.63) is 69.5 Å². The number of benzene rings is 2. The molecule has 142 valence electrons. The highest BCUT2D eigenvalue weighted by molar-refractivity contribution is 5.93. The molecule has 0 aliphatic carbocycles. The number of nitrogen functional groups attached to an aromatic ring is 1. The lowest BCUT2D eigenvalue weighted by Crippen LogP contribution is -2.36. The van der Waals surface area contributed by atoms with Crippen molar-refractivity contribution >= 4 is 23.3 Å². The van der Waals surface area contributed by atoms with Crippen LogP contribution in [0.1, 0.15) is 22.8 Å². The highest BCUT2D eigenvalue weighted by atomic mass is 19.1. The number of nitro benzene ring substituents is 1. The van der Waals surface area contributed by atoms with Crippen LogP contribution in [0, 0.1) is 15.9 Å². The van der Waals surface area contributed by atoms with Gasteiger partial charge in [-0.05, 0) is 43.2 Å². The molecule has 0 saturated carbocycles. The molecule has 1 amide bonds. The van der Waals surface area contributed by atoms with Gasteiger partial charge in [-0.25, -0.2) is 9.18 Å². The number of hydrogen-bond acceptors (Lipinski definition) is 6. The van der Waals surface area contributed by atoms with Crippen molar-refractivity contribution in [2.75, 3.05) is 12.3 Å². The Balaban J connectivity index is 1.88. The molecule has 9 heteroatoms. The summed E-state index contributed by atoms with van der Waals surface area (Å²) < 4.78 is 17.9. The van der Waals surface area contributed by atoms with E-state index in [1.54, 1.807) is 12.1 Å². The predicted molar refractivity (Wildman–Crippen MR) is 95.5 cm³/mol. The standard InChI is InChI=1S/C18H18FN3O5/c1-11(17(23)21-9-8-12-2-5-14(19)6-3-12)27-18(24)13-4-7-15(20)16(10-13)22(25)26/h2-7,10-11H,8-9,20H2,1H3,(H,21,23)/t11-/m0/s1. The normalized spacial score (nSPS) is 11.5. The highest BCUT2D eigenvalue weighted by Gasteiger charge is 2.21. The number of nitrogens with zero attached hydrogens (tertiary/aromatic N) is 1. The fraction of sp³-hybridized carbons (Fsp3) is 0.222. The number of nitro groups is 1. The molecule has 8 nitrogen and oxygen atoms in total. The molecule has 0 fully saturated rings. The second kappa shape index (κ2) is 8.75. The van der Waals surface area contributed by atoms with Crippen molar-refractivity contribution in [3.8, 4) is 0 Å². The fourth-order valence-electron chi connectivity index (χ4n) is 2.24. The summed E-state index contributed by atoms with van der Waals surface area (Å²) >= 11 is 0. The van der Waals surface area contributed by atoms with Gasteiger partial charge in [0.1, 0.15) is 11.5 Å². The zero-order valence-electron chi connectivity index (χ0n) is 14.5. The molecule has 2 aromatic carbocycles. The summed E-state index contributed by atoms with van der Waals surface area (Å²) in [5, 5.41) is 13.5. The molecule has 0 spiro atoms. The van der Waals surface area contributed by atoms with E-state index in [1.807, 2.05) is 0 Å². The Kier molecular flexibility index (Phi) is 6.42. The monoisotopic (exact) mass is 375 g/mol. The Morgan fingerprint density at radius 1 is 1.26 bits per heavy atom. The van der Waals surface area contributed by atoms with Crippen molar-refractivity contribution in [2.24, 2.45) is 0 Å². The molecule has 0 bridgehead atoms. The molecule has 2 rings (SSSR count). The third-order valence-corrected chi connectivity index (χ3v) is 3.74. The molecule has 2 aromatic rings. The predicted octanol–water partition coefficient (Wildman–Crippen LogP) is 2.22. The molecule has 0 radical (unpaired) electrons. The molecule has 27 heavy (non-hydrogen) atoms. The number of esters is 1. The minimum absolute atomic E-state index is 0.0804. The van der Waals surface area contributed by atoms with Crippen molar-refractivity contribution in [2.45, 2.75) is 19.4 Å². The number of hydrogen-bond donors (Lipinski definition) is 2. The Hall–Kier alpha value is -3.49. The molecule has 0 unspecified atom stereocenters. The lowest BCUT2D eigenvalue weighted by Gasteiger charge is -2.13. The maximum absolute atomic E-state index is 12.8. The van der Waals surface area contributed by atoms with E-state index in [9.17, 15) is 24.1 Å². The van der Waals surface area contributed by atoms with Crippen molar-refractivity contribution < 1.29 is 23.6 Å². The highest BCUT2D eigenvalue weighted by Crippen LogP contribution is 2.22. The Bertz CT molecular complexity index is 855. The third kappa shape index (κ3) is 5.50. The third-order valence-electron chi connectivity index (χ3n) is 3.74. The minimum Gasteiger partial charge on any atom is -0.449 e. The van der Waals surface area contributed by atoms with E-state index in [1.165, 1.54) is 31.2 Å². The molecule has 1 atom stereocenters. The van der Waals surface area contributed by atoms with E-state index < -0.39 is 28.6 Å². The lowest BCUT2D eigenvalue weighted by molar-refractivity contribution is -0.383. The van der Waals surface area contributed by atoms with Gasteiger partial charge >= 0.3 is 5.97 Å². The second-order valence-corrected chi connectivity index (χ2v) is 5.75. The van der Waals surface area contributed by atoms with E-state index >= 15 is 0 Å². The molecular formula is C18H18FN3O5. The SMILES string of the molecule is C[C@H](OC(=O)c1ccc(N)c([N+](=O)[O-])c1)C(=O)NCCc1ccc(F)cc1. The van der Waals surface area contributed by atoms with Gasteiger partial charge in [0.25, 0.3) is 11.6 Å². The minimum atomic E-state index is -1.10. The Morgan fingerprint density at radius 3 is 2.56 bits per heavy atom. The summed E-state index contributed by atoms with van der Waals surface area (Å²) in [6.45, 7) is 1.66. The van der Waals surface area contributed by atoms with Crippen LogP contribution in [0.5, 0.6) is 0 Å². The maximum Gasteiger partial charge on any atom is 0.339 e. The van der Waals surface area contributed by atoms with Gasteiger partial charge in [-0.15, -0.1) is 0 Å². The van der Waals surface area contributed by atoms with Crippen LogP contribution in [-0.2, 0) is 16.0 Å². The van der Waals surface area contributed by atoms with E-state index in [-0.39, 0.29) is 23.6 Å². The Morgan fingerprint density at radius 2 is 1.93 bits per heavy atom. The van der Waals surface area contributed by atoms with Gasteiger partial charge in [0.05, 0.1) is 10.5 Å². The average molecular weight is 375 g/mol. The first kappa shape index (κ1) is 19.8. The quantitative estimate of drug-likeness (QED) is 0.331. The first-order valence-electron chi connectivity index (χ1n) is 8.05. The van der Waals surface area contributed by atoms with Crippen LogP contribution in [0.3, 0.4) is 0 Å². The van der Waals surface area contributed by atoms with E-state index in [2.05, 4.69) is 5.32 Å². The number of rotatable bonds is 7. The summed E-state index contributed by atoms with van der Waals surface area (Å²) in [6, 6.07) is 9.38. The fourth-order valence-corrected chi connectivity index (χ4v) is 2.24. The van der Waals surface area contributed by atoms with Crippen molar-refractivity contribution in [1.29, 1.82) is 0 Å². The molecule has 0 aliphatic rings. The molecule has 0 heterocycles. The smallest absolute Gasteiger partial charge is 0.339 e. The zero-order valence-corrected chi connectivity index (χ0v) is 14.5. The number of ether oxygens (including phenoxy) is 1. The van der Waals surface area contributed by atoms with Gasteiger partial charge in [-0.1, -0.05) is 12.1 Å². The number of halogens is 1. The number of carbonyl (C=O) groups is 2. The van der Waals surface area contributed by atoms with Crippen LogP contribution < -0.4 is 11.1 Å². The van der Waals surface area contributed by atoms with Gasteiger partial charge in [-0.2, -0.15) is 0 Å². The Labute approximate surface area is 154 Å². The number of anilines is 1. The van der Waals surface area contributed by atoms with Gasteiger partial charge in [-0.3, -0.25) is 14.9 Å². The average Bonchev–Trinajstić information content (AvgIpc) is 2.63. The number of carbonyl (C=O) groups excluding carboxylic acids is 2. The molecule has 3 N–H and O–H groups in total. The van der Waals surface area contributed by atoms with Gasteiger partial charge in [0.15, 0.2) is 6.10 Å². The first-order valence-corrected chi connectivity index (χ1v) is 8.05. The topological polar surface area (TPSA) is 125 Å². The van der Waals surface area contributed by atoms with Crippen LogP contribution in [0.4, 0.5) is 15.8 Å². The first-order chi connectivity index (χ1) is 12.8. The second-order valence-electron chi connectivity index (χ2n) is 5.75. The van der Waals surface area contributed by atoms with Crippen LogP contribution in [-0.4, -0.2) is 29.4 Å². The lowest BCUT2D eigenvalue weighted by atomic mass is 10.1. The van der Waals surface area contributed by atoms with E-state index in [0.29, 0.717) is 6.42 Å². The van der Waals surface area contributed by atoms with Crippen LogP contribution >= 0.6 is 0 Å². The maximum atomic E-state index is 12.8. The largest absolute Gasteiger partial charge is 0.449 e. The molecule has 0 aliphatic heterocycles. The van der Waals surface area contributed by atoms with Crippen molar-refractivity contribution in [3.63, 3.8) is 0 Å².